The number of alkyl halides is 2. The highest BCUT2D eigenvalue weighted by atomic mass is 19.2. The summed E-state index contributed by atoms with van der Waals surface area (Å²) in [5.41, 5.74) is 0. The summed E-state index contributed by atoms with van der Waals surface area (Å²) in [6.45, 7) is 2.37. The first kappa shape index (κ1) is 17.6. The lowest BCUT2D eigenvalue weighted by atomic mass is 9.65. The van der Waals surface area contributed by atoms with Crippen LogP contribution in [0.25, 0.3) is 0 Å². The molecule has 3 aliphatic carbocycles. The van der Waals surface area contributed by atoms with E-state index in [1.54, 1.807) is 0 Å². The van der Waals surface area contributed by atoms with Crippen molar-refractivity contribution in [1.29, 1.82) is 0 Å². The average molecular weight is 328 g/mol. The molecule has 0 radical (unpaired) electrons. The van der Waals surface area contributed by atoms with Gasteiger partial charge in [0.15, 0.2) is 6.17 Å². The van der Waals surface area contributed by atoms with Gasteiger partial charge < -0.3 is 4.74 Å². The van der Waals surface area contributed by atoms with Gasteiger partial charge in [-0.3, -0.25) is 0 Å². The molecule has 0 heterocycles. The molecular weight excluding hydrogens is 294 g/mol. The van der Waals surface area contributed by atoms with Crippen LogP contribution in [-0.4, -0.2) is 25.6 Å². The fourth-order valence-electron chi connectivity index (χ4n) is 5.66. The minimum atomic E-state index is -1.42. The highest BCUT2D eigenvalue weighted by molar-refractivity contribution is 4.93. The van der Waals surface area contributed by atoms with E-state index in [1.165, 1.54) is 45.6 Å². The van der Waals surface area contributed by atoms with E-state index >= 15 is 0 Å². The van der Waals surface area contributed by atoms with Crippen LogP contribution in [0.2, 0.25) is 0 Å². The van der Waals surface area contributed by atoms with E-state index in [9.17, 15) is 8.78 Å². The molecule has 3 saturated carbocycles. The zero-order chi connectivity index (χ0) is 16.4. The summed E-state index contributed by atoms with van der Waals surface area (Å²) in [6, 6.07) is 0. The zero-order valence-electron chi connectivity index (χ0n) is 14.9. The van der Waals surface area contributed by atoms with Gasteiger partial charge in [0.1, 0.15) is 6.17 Å². The Kier molecular flexibility index (Phi) is 5.98. The molecule has 4 unspecified atom stereocenters. The molecule has 0 aliphatic heterocycles. The zero-order valence-corrected chi connectivity index (χ0v) is 14.9. The van der Waals surface area contributed by atoms with Gasteiger partial charge >= 0.3 is 0 Å². The molecule has 0 amide bonds. The molecule has 0 aromatic carbocycles. The summed E-state index contributed by atoms with van der Waals surface area (Å²) < 4.78 is 33.8. The molecule has 0 saturated heterocycles. The maximum Gasteiger partial charge on any atom is 0.157 e. The van der Waals surface area contributed by atoms with E-state index in [-0.39, 0.29) is 5.92 Å². The Morgan fingerprint density at radius 2 is 1.17 bits per heavy atom. The third-order valence-electron chi connectivity index (χ3n) is 7.30. The van der Waals surface area contributed by atoms with Gasteiger partial charge in [-0.05, 0) is 81.0 Å². The fraction of sp³-hybridized carbons (Fsp3) is 1.00. The van der Waals surface area contributed by atoms with Gasteiger partial charge in [-0.15, -0.1) is 0 Å². The molecule has 3 heteroatoms. The standard InChI is InChI=1S/C20H34F2O/c1-13-3-5-14(6-4-13)15-7-9-16(10-8-15)17-11-12-18(23-2)20(22)19(17)21/h13-20H,3-12H2,1-2H3. The number of ether oxygens (including phenoxy) is 1. The number of hydrogen-bond donors (Lipinski definition) is 0. The average Bonchev–Trinajstić information content (AvgIpc) is 2.58. The first-order chi connectivity index (χ1) is 11.1. The summed E-state index contributed by atoms with van der Waals surface area (Å²) in [7, 11) is 1.50. The second kappa shape index (κ2) is 7.80. The molecular formula is C20H34F2O. The van der Waals surface area contributed by atoms with Crippen LogP contribution in [0.5, 0.6) is 0 Å². The van der Waals surface area contributed by atoms with Crippen LogP contribution >= 0.6 is 0 Å². The van der Waals surface area contributed by atoms with Crippen molar-refractivity contribution in [1.82, 2.24) is 0 Å². The summed E-state index contributed by atoms with van der Waals surface area (Å²) in [5, 5.41) is 0. The maximum atomic E-state index is 14.5. The number of hydrogen-bond acceptors (Lipinski definition) is 1. The minimum Gasteiger partial charge on any atom is -0.378 e. The van der Waals surface area contributed by atoms with Crippen molar-refractivity contribution in [3.8, 4) is 0 Å². The summed E-state index contributed by atoms with van der Waals surface area (Å²) in [6.07, 6.45) is 8.53. The highest BCUT2D eigenvalue weighted by Gasteiger charge is 2.44. The van der Waals surface area contributed by atoms with Gasteiger partial charge in [0.25, 0.3) is 0 Å². The maximum absolute atomic E-state index is 14.5. The van der Waals surface area contributed by atoms with Crippen LogP contribution in [0, 0.1) is 29.6 Å². The van der Waals surface area contributed by atoms with Gasteiger partial charge in [-0.25, -0.2) is 8.78 Å². The van der Waals surface area contributed by atoms with Crippen molar-refractivity contribution in [3.63, 3.8) is 0 Å². The van der Waals surface area contributed by atoms with Crippen LogP contribution in [0.4, 0.5) is 8.78 Å². The predicted octanol–water partition coefficient (Wildman–Crippen LogP) is 5.72. The van der Waals surface area contributed by atoms with Crippen molar-refractivity contribution in [3.05, 3.63) is 0 Å². The molecule has 0 bridgehead atoms. The molecule has 134 valence electrons. The van der Waals surface area contributed by atoms with Crippen LogP contribution in [-0.2, 0) is 4.74 Å². The van der Waals surface area contributed by atoms with Crippen molar-refractivity contribution in [2.75, 3.05) is 7.11 Å². The largest absolute Gasteiger partial charge is 0.378 e. The Balaban J connectivity index is 1.49. The molecule has 4 atom stereocenters. The lowest BCUT2D eigenvalue weighted by molar-refractivity contribution is -0.0729. The smallest absolute Gasteiger partial charge is 0.157 e. The molecule has 3 rings (SSSR count). The molecule has 3 fully saturated rings. The van der Waals surface area contributed by atoms with E-state index < -0.39 is 18.4 Å². The quantitative estimate of drug-likeness (QED) is 0.644. The number of halogens is 2. The van der Waals surface area contributed by atoms with Crippen LogP contribution in [0.1, 0.15) is 71.1 Å². The van der Waals surface area contributed by atoms with Gasteiger partial charge in [0.05, 0.1) is 6.10 Å². The molecule has 0 aromatic heterocycles. The minimum absolute atomic E-state index is 0.0660. The Hall–Kier alpha value is -0.180. The summed E-state index contributed by atoms with van der Waals surface area (Å²) in [5.74, 6) is 3.01. The first-order valence-electron chi connectivity index (χ1n) is 9.91. The van der Waals surface area contributed by atoms with E-state index in [1.807, 2.05) is 0 Å². The fourth-order valence-corrected chi connectivity index (χ4v) is 5.66. The topological polar surface area (TPSA) is 9.23 Å². The molecule has 3 aliphatic rings. The van der Waals surface area contributed by atoms with Gasteiger partial charge in [-0.2, -0.15) is 0 Å². The Morgan fingerprint density at radius 3 is 1.74 bits per heavy atom. The van der Waals surface area contributed by atoms with E-state index in [2.05, 4.69) is 6.92 Å². The lowest BCUT2D eigenvalue weighted by Gasteiger charge is -2.43. The van der Waals surface area contributed by atoms with E-state index in [4.69, 9.17) is 4.74 Å². The van der Waals surface area contributed by atoms with Crippen molar-refractivity contribution < 1.29 is 13.5 Å². The Labute approximate surface area is 140 Å². The predicted molar refractivity (Wildman–Crippen MR) is 89.9 cm³/mol. The SMILES string of the molecule is COC1CCC(C2CCC(C3CCC(C)CC3)CC2)C(F)C1F. The van der Waals surface area contributed by atoms with Crippen molar-refractivity contribution in [2.45, 2.75) is 89.6 Å². The molecule has 0 spiro atoms. The third kappa shape index (κ3) is 3.91. The number of methoxy groups -OCH3 is 1. The van der Waals surface area contributed by atoms with Crippen LogP contribution in [0.3, 0.4) is 0 Å². The van der Waals surface area contributed by atoms with Crippen LogP contribution in [0.15, 0.2) is 0 Å². The summed E-state index contributed by atoms with van der Waals surface area (Å²) in [4.78, 5) is 0. The second-order valence-electron chi connectivity index (χ2n) is 8.60. The van der Waals surface area contributed by atoms with E-state index in [0.29, 0.717) is 12.3 Å². The van der Waals surface area contributed by atoms with Gasteiger partial charge in [-0.1, -0.05) is 19.8 Å². The summed E-state index contributed by atoms with van der Waals surface area (Å²) >= 11 is 0. The van der Waals surface area contributed by atoms with Gasteiger partial charge in [0, 0.05) is 7.11 Å². The van der Waals surface area contributed by atoms with Crippen molar-refractivity contribution >= 4 is 0 Å². The second-order valence-corrected chi connectivity index (χ2v) is 8.60. The van der Waals surface area contributed by atoms with E-state index in [0.717, 1.165) is 37.0 Å². The molecule has 23 heavy (non-hydrogen) atoms. The van der Waals surface area contributed by atoms with Gasteiger partial charge in [0.2, 0.25) is 0 Å². The third-order valence-corrected chi connectivity index (χ3v) is 7.30. The monoisotopic (exact) mass is 328 g/mol. The molecule has 1 nitrogen and oxygen atoms in total. The first-order valence-corrected chi connectivity index (χ1v) is 9.91. The Morgan fingerprint density at radius 1 is 0.652 bits per heavy atom. The molecule has 0 N–H and O–H groups in total. The normalized spacial score (nSPS) is 49.0. The number of rotatable bonds is 3. The highest BCUT2D eigenvalue weighted by Crippen LogP contribution is 2.46. The lowest BCUT2D eigenvalue weighted by Crippen LogP contribution is -2.45. The Bertz CT molecular complexity index is 359. The van der Waals surface area contributed by atoms with Crippen molar-refractivity contribution in [2.24, 2.45) is 29.6 Å². The van der Waals surface area contributed by atoms with Crippen LogP contribution < -0.4 is 0 Å². The molecule has 0 aromatic rings.